The van der Waals surface area contributed by atoms with Crippen LogP contribution in [0.15, 0.2) is 35.3 Å². The monoisotopic (exact) mass is 244 g/mol. The zero-order chi connectivity index (χ0) is 12.5. The van der Waals surface area contributed by atoms with E-state index < -0.39 is 5.97 Å². The predicted octanol–water partition coefficient (Wildman–Crippen LogP) is 1.17. The number of nitrogens with zero attached hydrogens (tertiary/aromatic N) is 4. The Balaban J connectivity index is 1.98. The van der Waals surface area contributed by atoms with E-state index in [9.17, 15) is 4.79 Å². The fourth-order valence-electron chi connectivity index (χ4n) is 1.63. The van der Waals surface area contributed by atoms with Crippen LogP contribution in [0, 0.1) is 0 Å². The number of aromatic nitrogens is 4. The third-order valence-corrected chi connectivity index (χ3v) is 2.44. The van der Waals surface area contributed by atoms with Crippen LogP contribution < -0.4 is 0 Å². The van der Waals surface area contributed by atoms with Gasteiger partial charge in [-0.05, 0) is 18.2 Å². The Morgan fingerprint density at radius 2 is 2.33 bits per heavy atom. The van der Waals surface area contributed by atoms with E-state index in [4.69, 9.17) is 9.52 Å². The quantitative estimate of drug-likeness (QED) is 0.743. The molecule has 0 aliphatic rings. The van der Waals surface area contributed by atoms with Gasteiger partial charge >= 0.3 is 5.97 Å². The molecule has 0 saturated carbocycles. The van der Waals surface area contributed by atoms with Gasteiger partial charge in [0.15, 0.2) is 5.58 Å². The summed E-state index contributed by atoms with van der Waals surface area (Å²) in [4.78, 5) is 18.9. The summed E-state index contributed by atoms with van der Waals surface area (Å²) in [5, 5.41) is 12.8. The van der Waals surface area contributed by atoms with Crippen molar-refractivity contribution in [1.29, 1.82) is 0 Å². The maximum Gasteiger partial charge on any atom is 0.335 e. The lowest BCUT2D eigenvalue weighted by atomic mass is 10.2. The Bertz CT molecular complexity index is 702. The molecule has 1 aromatic carbocycles. The van der Waals surface area contributed by atoms with Crippen molar-refractivity contribution in [2.45, 2.75) is 6.54 Å². The molecule has 0 saturated heterocycles. The molecule has 0 amide bonds. The van der Waals surface area contributed by atoms with Gasteiger partial charge in [0.25, 0.3) is 0 Å². The van der Waals surface area contributed by atoms with Crippen molar-refractivity contribution in [3.05, 3.63) is 42.3 Å². The highest BCUT2D eigenvalue weighted by Gasteiger charge is 2.10. The van der Waals surface area contributed by atoms with E-state index in [1.165, 1.54) is 18.5 Å². The van der Waals surface area contributed by atoms with Crippen LogP contribution in [0.4, 0.5) is 0 Å². The second kappa shape index (κ2) is 3.95. The number of oxazole rings is 1. The van der Waals surface area contributed by atoms with Crippen molar-refractivity contribution in [2.75, 3.05) is 0 Å². The summed E-state index contributed by atoms with van der Waals surface area (Å²) in [5.74, 6) is -0.538. The number of benzene rings is 1. The van der Waals surface area contributed by atoms with Gasteiger partial charge in [-0.3, -0.25) is 0 Å². The predicted molar refractivity (Wildman–Crippen MR) is 60.1 cm³/mol. The van der Waals surface area contributed by atoms with E-state index in [1.807, 2.05) is 0 Å². The van der Waals surface area contributed by atoms with Crippen molar-refractivity contribution in [2.24, 2.45) is 0 Å². The van der Waals surface area contributed by atoms with Gasteiger partial charge in [-0.2, -0.15) is 5.10 Å². The molecule has 0 fully saturated rings. The first kappa shape index (κ1) is 10.5. The third kappa shape index (κ3) is 1.81. The molecular weight excluding hydrogens is 236 g/mol. The first-order valence-corrected chi connectivity index (χ1v) is 5.17. The van der Waals surface area contributed by atoms with E-state index in [2.05, 4.69) is 15.1 Å². The van der Waals surface area contributed by atoms with E-state index in [-0.39, 0.29) is 5.56 Å². The molecule has 2 aromatic heterocycles. The zero-order valence-corrected chi connectivity index (χ0v) is 9.15. The molecule has 1 N–H and O–H groups in total. The summed E-state index contributed by atoms with van der Waals surface area (Å²) in [5.41, 5.74) is 1.24. The lowest BCUT2D eigenvalue weighted by Crippen LogP contribution is -1.99. The smallest absolute Gasteiger partial charge is 0.335 e. The van der Waals surface area contributed by atoms with Gasteiger partial charge in [0.1, 0.15) is 24.7 Å². The first-order valence-electron chi connectivity index (χ1n) is 5.17. The molecule has 0 unspecified atom stereocenters. The van der Waals surface area contributed by atoms with Crippen molar-refractivity contribution in [3.8, 4) is 0 Å². The van der Waals surface area contributed by atoms with Gasteiger partial charge in [0.2, 0.25) is 5.89 Å². The summed E-state index contributed by atoms with van der Waals surface area (Å²) < 4.78 is 7.04. The van der Waals surface area contributed by atoms with E-state index in [0.29, 0.717) is 23.5 Å². The van der Waals surface area contributed by atoms with Crippen LogP contribution in [0.25, 0.3) is 11.1 Å². The summed E-state index contributed by atoms with van der Waals surface area (Å²) >= 11 is 0. The number of carboxylic acid groups (broad SMARTS) is 1. The van der Waals surface area contributed by atoms with Gasteiger partial charge in [-0.15, -0.1) is 0 Å². The molecule has 3 aromatic rings. The molecule has 3 rings (SSSR count). The number of hydrogen-bond acceptors (Lipinski definition) is 5. The molecule has 18 heavy (non-hydrogen) atoms. The molecule has 0 spiro atoms. The maximum atomic E-state index is 10.8. The zero-order valence-electron chi connectivity index (χ0n) is 9.15. The van der Waals surface area contributed by atoms with Gasteiger partial charge in [0, 0.05) is 0 Å². The Morgan fingerprint density at radius 3 is 3.06 bits per heavy atom. The summed E-state index contributed by atoms with van der Waals surface area (Å²) in [6, 6.07) is 4.56. The first-order chi connectivity index (χ1) is 8.72. The average Bonchev–Trinajstić information content (AvgIpc) is 2.96. The summed E-state index contributed by atoms with van der Waals surface area (Å²) in [6.45, 7) is 0.358. The van der Waals surface area contributed by atoms with Gasteiger partial charge in [-0.25, -0.2) is 19.4 Å². The Hall–Kier alpha value is -2.70. The van der Waals surface area contributed by atoms with Gasteiger partial charge in [-0.1, -0.05) is 0 Å². The molecule has 90 valence electrons. The normalized spacial score (nSPS) is 10.9. The van der Waals surface area contributed by atoms with Crippen molar-refractivity contribution in [1.82, 2.24) is 19.7 Å². The highest BCUT2D eigenvalue weighted by molar-refractivity contribution is 5.91. The minimum absolute atomic E-state index is 0.172. The van der Waals surface area contributed by atoms with Crippen LogP contribution in [0.3, 0.4) is 0 Å². The fraction of sp³-hybridized carbons (Fsp3) is 0.0909. The highest BCUT2D eigenvalue weighted by Crippen LogP contribution is 2.17. The van der Waals surface area contributed by atoms with Crippen LogP contribution >= 0.6 is 0 Å². The van der Waals surface area contributed by atoms with Crippen LogP contribution in [0.5, 0.6) is 0 Å². The Kier molecular flexibility index (Phi) is 2.30. The van der Waals surface area contributed by atoms with Crippen LogP contribution in [-0.4, -0.2) is 30.8 Å². The van der Waals surface area contributed by atoms with Crippen molar-refractivity contribution in [3.63, 3.8) is 0 Å². The Labute approximate surface area is 101 Å². The minimum Gasteiger partial charge on any atom is -0.478 e. The minimum atomic E-state index is -0.994. The number of hydrogen-bond donors (Lipinski definition) is 1. The Morgan fingerprint density at radius 1 is 1.44 bits per heavy atom. The standard InChI is InChI=1S/C11H8N4O3/c16-11(17)7-1-2-8-9(3-7)18-10(14-8)4-15-6-12-5-13-15/h1-3,5-6H,4H2,(H,16,17). The summed E-state index contributed by atoms with van der Waals surface area (Å²) in [6.07, 6.45) is 2.97. The maximum absolute atomic E-state index is 10.8. The van der Waals surface area contributed by atoms with Crippen molar-refractivity contribution < 1.29 is 14.3 Å². The number of fused-ring (bicyclic) bond motifs is 1. The lowest BCUT2D eigenvalue weighted by Gasteiger charge is -1.93. The van der Waals surface area contributed by atoms with E-state index in [0.717, 1.165) is 0 Å². The molecule has 7 nitrogen and oxygen atoms in total. The highest BCUT2D eigenvalue weighted by atomic mass is 16.4. The molecule has 0 aliphatic heterocycles. The molecular formula is C11H8N4O3. The van der Waals surface area contributed by atoms with Gasteiger partial charge < -0.3 is 9.52 Å². The molecule has 0 bridgehead atoms. The number of carbonyl (C=O) groups is 1. The molecule has 2 heterocycles. The SMILES string of the molecule is O=C(O)c1ccc2nc(Cn3cncn3)oc2c1. The topological polar surface area (TPSA) is 94.0 Å². The second-order valence-electron chi connectivity index (χ2n) is 3.69. The van der Waals surface area contributed by atoms with Crippen LogP contribution in [0.2, 0.25) is 0 Å². The van der Waals surface area contributed by atoms with Gasteiger partial charge in [0.05, 0.1) is 5.56 Å². The van der Waals surface area contributed by atoms with Crippen LogP contribution in [-0.2, 0) is 6.54 Å². The average molecular weight is 244 g/mol. The second-order valence-corrected chi connectivity index (χ2v) is 3.69. The molecule has 0 aliphatic carbocycles. The van der Waals surface area contributed by atoms with E-state index >= 15 is 0 Å². The van der Waals surface area contributed by atoms with E-state index in [1.54, 1.807) is 17.1 Å². The van der Waals surface area contributed by atoms with Crippen molar-refractivity contribution >= 4 is 17.1 Å². The number of rotatable bonds is 3. The fourth-order valence-corrected chi connectivity index (χ4v) is 1.63. The molecule has 7 heteroatoms. The number of carboxylic acids is 1. The third-order valence-electron chi connectivity index (χ3n) is 2.44. The van der Waals surface area contributed by atoms with Crippen LogP contribution in [0.1, 0.15) is 16.2 Å². The molecule has 0 atom stereocenters. The number of aromatic carboxylic acids is 1. The summed E-state index contributed by atoms with van der Waals surface area (Å²) in [7, 11) is 0. The molecule has 0 radical (unpaired) electrons. The lowest BCUT2D eigenvalue weighted by molar-refractivity contribution is 0.0697. The largest absolute Gasteiger partial charge is 0.478 e.